The van der Waals surface area contributed by atoms with E-state index >= 15 is 0 Å². The molecule has 1 heterocycles. The van der Waals surface area contributed by atoms with Gasteiger partial charge in [0, 0.05) is 19.5 Å². The molecule has 0 bridgehead atoms. The zero-order valence-corrected chi connectivity index (χ0v) is 11.7. The van der Waals surface area contributed by atoms with Crippen molar-refractivity contribution in [2.24, 2.45) is 0 Å². The van der Waals surface area contributed by atoms with E-state index in [0.717, 1.165) is 32.4 Å². The number of hydrogen-bond acceptors (Lipinski definition) is 2. The first kappa shape index (κ1) is 15.5. The number of morpholine rings is 1. The monoisotopic (exact) mass is 254 g/mol. The van der Waals surface area contributed by atoms with Gasteiger partial charge in [0.1, 0.15) is 0 Å². The number of hydrogen-bond donors (Lipinski definition) is 0. The maximum absolute atomic E-state index is 11.8. The summed E-state index contributed by atoms with van der Waals surface area (Å²) in [4.78, 5) is 13.8. The summed E-state index contributed by atoms with van der Waals surface area (Å²) in [5.41, 5.74) is 0. The fraction of sp³-hybridized carbons (Fsp3) is 0.867. The molecule has 1 fully saturated rings. The zero-order valence-electron chi connectivity index (χ0n) is 11.7. The molecule has 1 amide bonds. The van der Waals surface area contributed by atoms with Crippen molar-refractivity contribution in [2.45, 2.75) is 57.8 Å². The van der Waals surface area contributed by atoms with Gasteiger partial charge in [-0.2, -0.15) is 0 Å². The Labute approximate surface area is 112 Å². The predicted molar refractivity (Wildman–Crippen MR) is 74.3 cm³/mol. The molecule has 1 aliphatic rings. The van der Waals surface area contributed by atoms with E-state index in [1.54, 1.807) is 0 Å². The fourth-order valence-electron chi connectivity index (χ4n) is 2.31. The lowest BCUT2D eigenvalue weighted by molar-refractivity contribution is -0.135. The van der Waals surface area contributed by atoms with E-state index < -0.39 is 0 Å². The Balaban J connectivity index is 1.89. The molecule has 0 aromatic heterocycles. The maximum Gasteiger partial charge on any atom is 0.222 e. The van der Waals surface area contributed by atoms with Crippen LogP contribution in [-0.4, -0.2) is 37.1 Å². The highest BCUT2D eigenvalue weighted by molar-refractivity contribution is 5.76. The van der Waals surface area contributed by atoms with Gasteiger partial charge in [-0.15, -0.1) is 0 Å². The van der Waals surface area contributed by atoms with Gasteiger partial charge >= 0.3 is 0 Å². The van der Waals surface area contributed by atoms with Crippen molar-refractivity contribution in [1.82, 2.24) is 4.90 Å². The van der Waals surface area contributed by atoms with Gasteiger partial charge in [-0.05, 0) is 6.42 Å². The van der Waals surface area contributed by atoms with Crippen LogP contribution in [-0.2, 0) is 9.53 Å². The second-order valence-electron chi connectivity index (χ2n) is 5.07. The third kappa shape index (κ3) is 7.00. The van der Waals surface area contributed by atoms with Crippen molar-refractivity contribution in [2.75, 3.05) is 26.3 Å². The lowest BCUT2D eigenvalue weighted by Gasteiger charge is -2.26. The summed E-state index contributed by atoms with van der Waals surface area (Å²) in [6, 6.07) is 0. The maximum atomic E-state index is 11.8. The topological polar surface area (TPSA) is 29.5 Å². The Hall–Kier alpha value is -0.570. The predicted octanol–water partition coefficient (Wildman–Crippen LogP) is 3.19. The van der Waals surface area contributed by atoms with Crippen LogP contribution in [0.3, 0.4) is 0 Å². The molecule has 18 heavy (non-hydrogen) atoms. The second-order valence-corrected chi connectivity index (χ2v) is 5.07. The van der Waals surface area contributed by atoms with Crippen LogP contribution >= 0.6 is 0 Å². The van der Waals surface area contributed by atoms with E-state index in [0.29, 0.717) is 19.1 Å². The number of amides is 1. The van der Waals surface area contributed by atoms with Crippen LogP contribution in [0.15, 0.2) is 0 Å². The molecular formula is C15H28NO2. The number of nitrogens with zero attached hydrogens (tertiary/aromatic N) is 1. The van der Waals surface area contributed by atoms with Crippen LogP contribution in [0.25, 0.3) is 0 Å². The quantitative estimate of drug-likeness (QED) is 0.591. The first-order valence-electron chi connectivity index (χ1n) is 7.49. The van der Waals surface area contributed by atoms with Crippen LogP contribution in [0, 0.1) is 6.92 Å². The summed E-state index contributed by atoms with van der Waals surface area (Å²) >= 11 is 0. The first-order valence-corrected chi connectivity index (χ1v) is 7.49. The van der Waals surface area contributed by atoms with E-state index in [1.165, 1.54) is 38.5 Å². The average Bonchev–Trinajstić information content (AvgIpc) is 2.42. The van der Waals surface area contributed by atoms with Crippen molar-refractivity contribution in [3.05, 3.63) is 6.92 Å². The molecule has 1 rings (SSSR count). The SMILES string of the molecule is [CH2]CCCCCCCCCC(=O)N1CCOCC1. The number of carbonyl (C=O) groups is 1. The van der Waals surface area contributed by atoms with Gasteiger partial charge in [-0.25, -0.2) is 0 Å². The van der Waals surface area contributed by atoms with Crippen LogP contribution in [0.4, 0.5) is 0 Å². The normalized spacial score (nSPS) is 15.9. The third-order valence-corrected chi connectivity index (χ3v) is 3.50. The summed E-state index contributed by atoms with van der Waals surface area (Å²) in [6.45, 7) is 6.82. The molecule has 0 atom stereocenters. The van der Waals surface area contributed by atoms with Crippen molar-refractivity contribution >= 4 is 5.91 Å². The molecule has 0 aromatic rings. The van der Waals surface area contributed by atoms with Gasteiger partial charge in [0.05, 0.1) is 13.2 Å². The molecule has 0 N–H and O–H groups in total. The van der Waals surface area contributed by atoms with Crippen molar-refractivity contribution < 1.29 is 9.53 Å². The van der Waals surface area contributed by atoms with E-state index in [4.69, 9.17) is 4.74 Å². The third-order valence-electron chi connectivity index (χ3n) is 3.50. The molecule has 0 aromatic carbocycles. The summed E-state index contributed by atoms with van der Waals surface area (Å²) in [5, 5.41) is 0. The molecule has 1 saturated heterocycles. The van der Waals surface area contributed by atoms with Crippen LogP contribution in [0.2, 0.25) is 0 Å². The Kier molecular flexibility index (Phi) is 8.92. The van der Waals surface area contributed by atoms with E-state index in [-0.39, 0.29) is 0 Å². The largest absolute Gasteiger partial charge is 0.378 e. The second kappa shape index (κ2) is 10.4. The number of rotatable bonds is 9. The highest BCUT2D eigenvalue weighted by Crippen LogP contribution is 2.10. The van der Waals surface area contributed by atoms with Crippen LogP contribution in [0.5, 0.6) is 0 Å². The van der Waals surface area contributed by atoms with Gasteiger partial charge in [-0.1, -0.05) is 51.9 Å². The number of ether oxygens (including phenoxy) is 1. The molecule has 0 unspecified atom stereocenters. The van der Waals surface area contributed by atoms with Crippen LogP contribution in [0.1, 0.15) is 57.8 Å². The molecule has 0 aliphatic carbocycles. The van der Waals surface area contributed by atoms with Crippen molar-refractivity contribution in [1.29, 1.82) is 0 Å². The van der Waals surface area contributed by atoms with Crippen molar-refractivity contribution in [3.63, 3.8) is 0 Å². The van der Waals surface area contributed by atoms with Gasteiger partial charge in [0.2, 0.25) is 5.91 Å². The van der Waals surface area contributed by atoms with Gasteiger partial charge in [-0.3, -0.25) is 4.79 Å². The molecule has 1 aliphatic heterocycles. The molecule has 0 saturated carbocycles. The van der Waals surface area contributed by atoms with E-state index in [9.17, 15) is 4.79 Å². The average molecular weight is 254 g/mol. The van der Waals surface area contributed by atoms with Gasteiger partial charge in [0.25, 0.3) is 0 Å². The summed E-state index contributed by atoms with van der Waals surface area (Å²) < 4.78 is 5.24. The summed E-state index contributed by atoms with van der Waals surface area (Å²) in [6.07, 6.45) is 10.5. The Morgan fingerprint density at radius 3 is 2.11 bits per heavy atom. The van der Waals surface area contributed by atoms with E-state index in [2.05, 4.69) is 6.92 Å². The summed E-state index contributed by atoms with van der Waals surface area (Å²) in [5.74, 6) is 0.315. The molecule has 0 spiro atoms. The highest BCUT2D eigenvalue weighted by Gasteiger charge is 2.15. The smallest absolute Gasteiger partial charge is 0.222 e. The van der Waals surface area contributed by atoms with E-state index in [1.807, 2.05) is 4.90 Å². The minimum Gasteiger partial charge on any atom is -0.378 e. The fourth-order valence-corrected chi connectivity index (χ4v) is 2.31. The number of carbonyl (C=O) groups excluding carboxylic acids is 1. The lowest BCUT2D eigenvalue weighted by Crippen LogP contribution is -2.40. The lowest BCUT2D eigenvalue weighted by atomic mass is 10.1. The number of unbranched alkanes of at least 4 members (excludes halogenated alkanes) is 7. The molecule has 1 radical (unpaired) electrons. The first-order chi connectivity index (χ1) is 8.84. The molecule has 3 nitrogen and oxygen atoms in total. The molecular weight excluding hydrogens is 226 g/mol. The van der Waals surface area contributed by atoms with Gasteiger partial charge < -0.3 is 9.64 Å². The minimum absolute atomic E-state index is 0.315. The van der Waals surface area contributed by atoms with Crippen LogP contribution < -0.4 is 0 Å². The Bertz CT molecular complexity index is 213. The molecule has 105 valence electrons. The van der Waals surface area contributed by atoms with Crippen molar-refractivity contribution in [3.8, 4) is 0 Å². The standard InChI is InChI=1S/C15H28NO2/c1-2-3-4-5-6-7-8-9-10-15(17)16-11-13-18-14-12-16/h1-14H2. The summed E-state index contributed by atoms with van der Waals surface area (Å²) in [7, 11) is 0. The van der Waals surface area contributed by atoms with Gasteiger partial charge in [0.15, 0.2) is 0 Å². The Morgan fingerprint density at radius 2 is 1.50 bits per heavy atom. The molecule has 3 heteroatoms. The minimum atomic E-state index is 0.315. The zero-order chi connectivity index (χ0) is 13.1. The highest BCUT2D eigenvalue weighted by atomic mass is 16.5. The Morgan fingerprint density at radius 1 is 0.944 bits per heavy atom.